The number of allylic oxidation sites excluding steroid dienone is 1. The van der Waals surface area contributed by atoms with Gasteiger partial charge in [-0.2, -0.15) is 4.98 Å². The van der Waals surface area contributed by atoms with E-state index >= 15 is 0 Å². The van der Waals surface area contributed by atoms with Crippen molar-refractivity contribution in [1.82, 2.24) is 19.1 Å². The predicted molar refractivity (Wildman–Crippen MR) is 111 cm³/mol. The quantitative estimate of drug-likeness (QED) is 0.635. The number of rotatable bonds is 4. The summed E-state index contributed by atoms with van der Waals surface area (Å²) in [4.78, 5) is 32.7. The first-order valence-electron chi connectivity index (χ1n) is 9.67. The third-order valence-electron chi connectivity index (χ3n) is 5.65. The molecule has 0 unspecified atom stereocenters. The van der Waals surface area contributed by atoms with E-state index in [-0.39, 0.29) is 17.7 Å². The minimum atomic E-state index is -1.33. The average molecular weight is 411 g/mol. The Balaban J connectivity index is 1.74. The average Bonchev–Trinajstić information content (AvgIpc) is 2.95. The number of aromatic nitrogens is 4. The first-order chi connectivity index (χ1) is 14.3. The fourth-order valence-electron chi connectivity index (χ4n) is 3.89. The van der Waals surface area contributed by atoms with Gasteiger partial charge >= 0.3 is 11.7 Å². The summed E-state index contributed by atoms with van der Waals surface area (Å²) in [5.74, 6) is -1.98. The van der Waals surface area contributed by atoms with Crippen LogP contribution >= 0.6 is 0 Å². The van der Waals surface area contributed by atoms with Gasteiger partial charge in [0.25, 0.3) is 0 Å². The van der Waals surface area contributed by atoms with Crippen molar-refractivity contribution in [2.24, 2.45) is 7.05 Å². The summed E-state index contributed by atoms with van der Waals surface area (Å²) in [6, 6.07) is 2.40. The zero-order chi connectivity index (χ0) is 21.6. The van der Waals surface area contributed by atoms with E-state index in [1.807, 2.05) is 0 Å². The van der Waals surface area contributed by atoms with Gasteiger partial charge in [-0.05, 0) is 50.3 Å². The van der Waals surface area contributed by atoms with E-state index in [2.05, 4.69) is 21.9 Å². The van der Waals surface area contributed by atoms with Crippen LogP contribution in [-0.2, 0) is 7.05 Å². The van der Waals surface area contributed by atoms with Crippen LogP contribution in [0.1, 0.15) is 47.6 Å². The number of carboxylic acids is 1. The topological polar surface area (TPSA) is 102 Å². The number of nitrogens with zero attached hydrogens (tertiary/aromatic N) is 4. The van der Waals surface area contributed by atoms with E-state index in [9.17, 15) is 14.0 Å². The summed E-state index contributed by atoms with van der Waals surface area (Å²) in [5, 5.41) is 12.0. The Morgan fingerprint density at radius 1 is 1.33 bits per heavy atom. The van der Waals surface area contributed by atoms with Gasteiger partial charge in [0.2, 0.25) is 5.95 Å². The van der Waals surface area contributed by atoms with Crippen molar-refractivity contribution in [2.45, 2.75) is 38.6 Å². The van der Waals surface area contributed by atoms with Gasteiger partial charge in [-0.3, -0.25) is 9.13 Å². The Kier molecular flexibility index (Phi) is 4.89. The number of aryl methyl sites for hydroxylation is 2. The molecule has 1 saturated carbocycles. The molecule has 1 fully saturated rings. The summed E-state index contributed by atoms with van der Waals surface area (Å²) in [5.41, 5.74) is 2.66. The maximum Gasteiger partial charge on any atom is 0.338 e. The molecule has 8 nitrogen and oxygen atoms in total. The largest absolute Gasteiger partial charge is 0.478 e. The molecule has 0 amide bonds. The van der Waals surface area contributed by atoms with Crippen molar-refractivity contribution in [3.8, 4) is 0 Å². The van der Waals surface area contributed by atoms with Gasteiger partial charge in [0.1, 0.15) is 11.3 Å². The van der Waals surface area contributed by atoms with Gasteiger partial charge in [0.05, 0.1) is 11.8 Å². The smallest absolute Gasteiger partial charge is 0.338 e. The fraction of sp³-hybridized carbons (Fsp3) is 0.333. The monoisotopic (exact) mass is 411 g/mol. The number of imidazole rings is 1. The fourth-order valence-corrected chi connectivity index (χ4v) is 3.89. The Hall–Kier alpha value is -3.49. The van der Waals surface area contributed by atoms with Crippen LogP contribution in [0.25, 0.3) is 11.2 Å². The van der Waals surface area contributed by atoms with E-state index in [1.165, 1.54) is 16.2 Å². The van der Waals surface area contributed by atoms with Crippen LogP contribution in [0.4, 0.5) is 16.0 Å². The summed E-state index contributed by atoms with van der Waals surface area (Å²) >= 11 is 0. The molecular weight excluding hydrogens is 389 g/mol. The van der Waals surface area contributed by atoms with Gasteiger partial charge in [0.15, 0.2) is 5.65 Å². The van der Waals surface area contributed by atoms with Gasteiger partial charge in [-0.1, -0.05) is 12.2 Å². The lowest BCUT2D eigenvalue weighted by molar-refractivity contribution is 0.0692. The first-order valence-corrected chi connectivity index (χ1v) is 9.67. The third-order valence-corrected chi connectivity index (χ3v) is 5.65. The van der Waals surface area contributed by atoms with Crippen molar-refractivity contribution in [3.05, 3.63) is 57.9 Å². The molecule has 0 radical (unpaired) electrons. The van der Waals surface area contributed by atoms with Crippen molar-refractivity contribution < 1.29 is 14.3 Å². The van der Waals surface area contributed by atoms with Gasteiger partial charge < -0.3 is 10.4 Å². The van der Waals surface area contributed by atoms with E-state index in [1.54, 1.807) is 24.7 Å². The zero-order valence-corrected chi connectivity index (χ0v) is 16.8. The van der Waals surface area contributed by atoms with Crippen molar-refractivity contribution in [2.75, 3.05) is 5.32 Å². The summed E-state index contributed by atoms with van der Waals surface area (Å²) < 4.78 is 17.3. The molecule has 1 aliphatic carbocycles. The first kappa shape index (κ1) is 19.8. The number of aromatic carboxylic acids is 1. The molecule has 0 atom stereocenters. The molecule has 1 aliphatic rings. The minimum absolute atomic E-state index is 0.0310. The van der Waals surface area contributed by atoms with Crippen LogP contribution in [0.15, 0.2) is 35.3 Å². The predicted octanol–water partition coefficient (Wildman–Crippen LogP) is 3.69. The lowest BCUT2D eigenvalue weighted by Gasteiger charge is -2.24. The molecule has 30 heavy (non-hydrogen) atoms. The van der Waals surface area contributed by atoms with Crippen molar-refractivity contribution >= 4 is 28.8 Å². The molecule has 3 aromatic rings. The standard InChI is InChI=1S/C21H22FN5O3/c1-11-4-6-13(7-5-11)27-18-17(26(3)21(27)30)10-23-20(25-18)24-16-9-15(22)14(19(28)29)8-12(16)2/h8-10,13H,1,4-7H2,2-3H3,(H,28,29)(H,23,24,25). The number of carboxylic acid groups (broad SMARTS) is 1. The van der Waals surface area contributed by atoms with E-state index in [0.29, 0.717) is 22.4 Å². The number of anilines is 2. The number of benzene rings is 1. The van der Waals surface area contributed by atoms with Crippen LogP contribution in [0.2, 0.25) is 0 Å². The minimum Gasteiger partial charge on any atom is -0.478 e. The Morgan fingerprint density at radius 3 is 2.70 bits per heavy atom. The zero-order valence-electron chi connectivity index (χ0n) is 16.8. The van der Waals surface area contributed by atoms with Crippen LogP contribution in [0, 0.1) is 12.7 Å². The molecule has 9 heteroatoms. The second-order valence-electron chi connectivity index (χ2n) is 7.67. The Bertz CT molecular complexity index is 1230. The number of carbonyl (C=O) groups is 1. The number of hydrogen-bond acceptors (Lipinski definition) is 5. The maximum atomic E-state index is 14.1. The lowest BCUT2D eigenvalue weighted by Crippen LogP contribution is -2.27. The van der Waals surface area contributed by atoms with E-state index < -0.39 is 17.3 Å². The second kappa shape index (κ2) is 7.40. The van der Waals surface area contributed by atoms with E-state index in [0.717, 1.165) is 31.7 Å². The maximum absolute atomic E-state index is 14.1. The molecule has 156 valence electrons. The van der Waals surface area contributed by atoms with Crippen LogP contribution in [-0.4, -0.2) is 30.2 Å². The molecule has 2 heterocycles. The van der Waals surface area contributed by atoms with Gasteiger partial charge in [0, 0.05) is 18.8 Å². The molecular formula is C21H22FN5O3. The number of halogens is 1. The molecule has 2 N–H and O–H groups in total. The second-order valence-corrected chi connectivity index (χ2v) is 7.67. The summed E-state index contributed by atoms with van der Waals surface area (Å²) in [6.07, 6.45) is 4.95. The summed E-state index contributed by atoms with van der Waals surface area (Å²) in [6.45, 7) is 5.70. The molecule has 0 spiro atoms. The van der Waals surface area contributed by atoms with Gasteiger partial charge in [-0.25, -0.2) is 19.0 Å². The highest BCUT2D eigenvalue weighted by atomic mass is 19.1. The molecule has 1 aromatic carbocycles. The highest BCUT2D eigenvalue weighted by Crippen LogP contribution is 2.32. The highest BCUT2D eigenvalue weighted by molar-refractivity contribution is 5.89. The molecule has 0 aliphatic heterocycles. The van der Waals surface area contributed by atoms with Crippen LogP contribution < -0.4 is 11.0 Å². The Morgan fingerprint density at radius 2 is 2.03 bits per heavy atom. The van der Waals surface area contributed by atoms with Crippen LogP contribution in [0.3, 0.4) is 0 Å². The molecule has 0 bridgehead atoms. The number of hydrogen-bond donors (Lipinski definition) is 2. The number of fused-ring (bicyclic) bond motifs is 1. The highest BCUT2D eigenvalue weighted by Gasteiger charge is 2.24. The van der Waals surface area contributed by atoms with Gasteiger partial charge in [-0.15, -0.1) is 0 Å². The molecule has 2 aromatic heterocycles. The SMILES string of the molecule is C=C1CCC(n2c(=O)n(C)c3cnc(Nc4cc(F)c(C(=O)O)cc4C)nc32)CC1. The van der Waals surface area contributed by atoms with Crippen molar-refractivity contribution in [1.29, 1.82) is 0 Å². The third kappa shape index (κ3) is 3.36. The lowest BCUT2D eigenvalue weighted by atomic mass is 9.92. The summed E-state index contributed by atoms with van der Waals surface area (Å²) in [7, 11) is 1.68. The molecule has 0 saturated heterocycles. The normalized spacial score (nSPS) is 15.0. The molecule has 4 rings (SSSR count). The Labute approximate surface area is 171 Å². The van der Waals surface area contributed by atoms with E-state index in [4.69, 9.17) is 5.11 Å². The van der Waals surface area contributed by atoms with Crippen LogP contribution in [0.5, 0.6) is 0 Å². The van der Waals surface area contributed by atoms with Crippen molar-refractivity contribution in [3.63, 3.8) is 0 Å². The number of nitrogens with one attached hydrogen (secondary N) is 1.